The Kier molecular flexibility index (Phi) is 6.85. The second-order valence-electron chi connectivity index (χ2n) is 6.83. The Morgan fingerprint density at radius 3 is 2.80 bits per heavy atom. The molecule has 0 atom stereocenters. The summed E-state index contributed by atoms with van der Waals surface area (Å²) in [5.74, 6) is 2.63. The number of hydrogen-bond acceptors (Lipinski definition) is 6. The Hall–Kier alpha value is -1.89. The van der Waals surface area contributed by atoms with E-state index in [0.29, 0.717) is 19.5 Å². The first-order chi connectivity index (χ1) is 12.3. The normalized spacial score (nSPS) is 18.3. The number of carbonyl (C=O) groups is 1. The van der Waals surface area contributed by atoms with Crippen LogP contribution in [0.3, 0.4) is 0 Å². The minimum Gasteiger partial charge on any atom is -0.378 e. The molecule has 2 heterocycles. The third-order valence-electron chi connectivity index (χ3n) is 5.00. The maximum atomic E-state index is 11.9. The van der Waals surface area contributed by atoms with E-state index in [2.05, 4.69) is 25.5 Å². The summed E-state index contributed by atoms with van der Waals surface area (Å²) in [5, 5.41) is 6.24. The minimum absolute atomic E-state index is 0.158. The first-order valence-electron chi connectivity index (χ1n) is 9.46. The van der Waals surface area contributed by atoms with Gasteiger partial charge in [-0.15, -0.1) is 0 Å². The molecule has 0 bridgehead atoms. The smallest absolute Gasteiger partial charge is 0.220 e. The van der Waals surface area contributed by atoms with Crippen molar-refractivity contribution in [1.82, 2.24) is 15.3 Å². The number of rotatable bonds is 8. The number of hydrogen-bond donors (Lipinski definition) is 2. The van der Waals surface area contributed by atoms with Gasteiger partial charge in [0.1, 0.15) is 18.0 Å². The van der Waals surface area contributed by atoms with Crippen molar-refractivity contribution in [3.63, 3.8) is 0 Å². The van der Waals surface area contributed by atoms with Crippen LogP contribution >= 0.6 is 0 Å². The quantitative estimate of drug-likeness (QED) is 0.698. The molecule has 7 heteroatoms. The van der Waals surface area contributed by atoms with Gasteiger partial charge in [0.25, 0.3) is 0 Å². The van der Waals surface area contributed by atoms with Crippen molar-refractivity contribution in [3.8, 4) is 0 Å². The molecule has 1 aliphatic carbocycles. The predicted octanol–water partition coefficient (Wildman–Crippen LogP) is 1.81. The van der Waals surface area contributed by atoms with Crippen LogP contribution in [0.1, 0.15) is 38.5 Å². The van der Waals surface area contributed by atoms with Gasteiger partial charge in [0.15, 0.2) is 0 Å². The van der Waals surface area contributed by atoms with Crippen molar-refractivity contribution in [1.29, 1.82) is 0 Å². The number of aromatic nitrogens is 2. The molecule has 0 unspecified atom stereocenters. The fourth-order valence-electron chi connectivity index (χ4n) is 3.52. The van der Waals surface area contributed by atoms with Gasteiger partial charge >= 0.3 is 0 Å². The summed E-state index contributed by atoms with van der Waals surface area (Å²) in [5.41, 5.74) is 0. The molecule has 0 spiro atoms. The number of morpholine rings is 1. The molecule has 138 valence electrons. The number of nitrogens with zero attached hydrogens (tertiary/aromatic N) is 3. The van der Waals surface area contributed by atoms with Crippen LogP contribution in [0.4, 0.5) is 11.6 Å². The molecule has 1 aromatic rings. The molecule has 1 aromatic heterocycles. The molecule has 1 amide bonds. The Bertz CT molecular complexity index is 542. The van der Waals surface area contributed by atoms with Crippen LogP contribution in [0.2, 0.25) is 0 Å². The Morgan fingerprint density at radius 2 is 2.00 bits per heavy atom. The minimum atomic E-state index is 0.158. The second-order valence-corrected chi connectivity index (χ2v) is 6.83. The lowest BCUT2D eigenvalue weighted by molar-refractivity contribution is -0.121. The molecular formula is C18H29N5O2. The van der Waals surface area contributed by atoms with Crippen molar-refractivity contribution >= 4 is 17.5 Å². The van der Waals surface area contributed by atoms with E-state index < -0.39 is 0 Å². The number of carbonyl (C=O) groups excluding carboxylic acids is 1. The van der Waals surface area contributed by atoms with Crippen molar-refractivity contribution in [2.45, 2.75) is 38.5 Å². The van der Waals surface area contributed by atoms with E-state index in [9.17, 15) is 4.79 Å². The van der Waals surface area contributed by atoms with E-state index in [-0.39, 0.29) is 5.91 Å². The Labute approximate surface area is 149 Å². The van der Waals surface area contributed by atoms with Crippen LogP contribution < -0.4 is 15.5 Å². The highest BCUT2D eigenvalue weighted by molar-refractivity contribution is 5.75. The van der Waals surface area contributed by atoms with E-state index in [1.165, 1.54) is 25.7 Å². The van der Waals surface area contributed by atoms with Crippen molar-refractivity contribution < 1.29 is 9.53 Å². The first kappa shape index (κ1) is 17.9. The van der Waals surface area contributed by atoms with Gasteiger partial charge < -0.3 is 20.3 Å². The van der Waals surface area contributed by atoms with Gasteiger partial charge in [0.05, 0.1) is 13.2 Å². The lowest BCUT2D eigenvalue weighted by Crippen LogP contribution is -2.36. The molecule has 2 aliphatic rings. The average Bonchev–Trinajstić information content (AvgIpc) is 3.18. The van der Waals surface area contributed by atoms with Gasteiger partial charge in [-0.2, -0.15) is 0 Å². The molecule has 1 saturated carbocycles. The van der Waals surface area contributed by atoms with Crippen molar-refractivity contribution in [2.24, 2.45) is 5.92 Å². The molecule has 1 aliphatic heterocycles. The summed E-state index contributed by atoms with van der Waals surface area (Å²) in [6.07, 6.45) is 8.53. The highest BCUT2D eigenvalue weighted by atomic mass is 16.5. The molecular weight excluding hydrogens is 318 g/mol. The van der Waals surface area contributed by atoms with E-state index in [1.54, 1.807) is 6.33 Å². The summed E-state index contributed by atoms with van der Waals surface area (Å²) in [6.45, 7) is 4.45. The second kappa shape index (κ2) is 9.56. The lowest BCUT2D eigenvalue weighted by Gasteiger charge is -2.27. The van der Waals surface area contributed by atoms with Gasteiger partial charge in [-0.05, 0) is 12.3 Å². The van der Waals surface area contributed by atoms with Crippen LogP contribution in [0.5, 0.6) is 0 Å². The zero-order valence-corrected chi connectivity index (χ0v) is 14.9. The van der Waals surface area contributed by atoms with E-state index in [4.69, 9.17) is 4.74 Å². The number of nitrogens with one attached hydrogen (secondary N) is 2. The maximum absolute atomic E-state index is 11.9. The van der Waals surface area contributed by atoms with Gasteiger partial charge in [0.2, 0.25) is 5.91 Å². The number of amides is 1. The molecule has 7 nitrogen and oxygen atoms in total. The standard InChI is InChI=1S/C18H29N5O2/c24-18(6-5-15-3-1-2-4-15)20-8-7-19-16-13-17(22-14-21-16)23-9-11-25-12-10-23/h13-15H,1-12H2,(H,20,24)(H,19,21,22). The molecule has 3 rings (SSSR count). The molecule has 25 heavy (non-hydrogen) atoms. The summed E-state index contributed by atoms with van der Waals surface area (Å²) in [4.78, 5) is 22.7. The lowest BCUT2D eigenvalue weighted by atomic mass is 10.0. The topological polar surface area (TPSA) is 79.4 Å². The zero-order valence-electron chi connectivity index (χ0n) is 14.9. The highest BCUT2D eigenvalue weighted by Gasteiger charge is 2.16. The Balaban J connectivity index is 1.33. The molecule has 0 aromatic carbocycles. The van der Waals surface area contributed by atoms with Crippen molar-refractivity contribution in [2.75, 3.05) is 49.6 Å². The summed E-state index contributed by atoms with van der Waals surface area (Å²) in [7, 11) is 0. The third-order valence-corrected chi connectivity index (χ3v) is 5.00. The Morgan fingerprint density at radius 1 is 1.20 bits per heavy atom. The monoisotopic (exact) mass is 347 g/mol. The van der Waals surface area contributed by atoms with Crippen LogP contribution in [0.15, 0.2) is 12.4 Å². The van der Waals surface area contributed by atoms with Gasteiger partial charge in [-0.1, -0.05) is 25.7 Å². The van der Waals surface area contributed by atoms with Crippen LogP contribution in [0, 0.1) is 5.92 Å². The molecule has 0 radical (unpaired) electrons. The van der Waals surface area contributed by atoms with Gasteiger partial charge in [-0.25, -0.2) is 9.97 Å². The third kappa shape index (κ3) is 5.85. The van der Waals surface area contributed by atoms with Crippen LogP contribution in [-0.2, 0) is 9.53 Å². The number of anilines is 2. The van der Waals surface area contributed by atoms with E-state index in [1.807, 2.05) is 6.07 Å². The molecule has 2 fully saturated rings. The first-order valence-corrected chi connectivity index (χ1v) is 9.46. The molecule has 2 N–H and O–H groups in total. The highest BCUT2D eigenvalue weighted by Crippen LogP contribution is 2.28. The van der Waals surface area contributed by atoms with Gasteiger partial charge in [-0.3, -0.25) is 4.79 Å². The fourth-order valence-corrected chi connectivity index (χ4v) is 3.52. The average molecular weight is 347 g/mol. The summed E-state index contributed by atoms with van der Waals surface area (Å²) < 4.78 is 5.36. The van der Waals surface area contributed by atoms with E-state index >= 15 is 0 Å². The maximum Gasteiger partial charge on any atom is 0.220 e. The SMILES string of the molecule is O=C(CCC1CCCC1)NCCNc1cc(N2CCOCC2)ncn1. The summed E-state index contributed by atoms with van der Waals surface area (Å²) >= 11 is 0. The van der Waals surface area contributed by atoms with E-state index in [0.717, 1.165) is 50.3 Å². The van der Waals surface area contributed by atoms with Crippen LogP contribution in [0.25, 0.3) is 0 Å². The predicted molar refractivity (Wildman–Crippen MR) is 97.8 cm³/mol. The van der Waals surface area contributed by atoms with Crippen molar-refractivity contribution in [3.05, 3.63) is 12.4 Å². The van der Waals surface area contributed by atoms with Crippen LogP contribution in [-0.4, -0.2) is 55.3 Å². The zero-order chi connectivity index (χ0) is 17.3. The fraction of sp³-hybridized carbons (Fsp3) is 0.722. The summed E-state index contributed by atoms with van der Waals surface area (Å²) in [6, 6.07) is 1.95. The molecule has 1 saturated heterocycles. The largest absolute Gasteiger partial charge is 0.378 e. The van der Waals surface area contributed by atoms with Gasteiger partial charge in [0, 0.05) is 38.7 Å². The number of ether oxygens (including phenoxy) is 1.